The average molecular weight is 405 g/mol. The van der Waals surface area contributed by atoms with Gasteiger partial charge < -0.3 is 4.90 Å². The van der Waals surface area contributed by atoms with Crippen molar-refractivity contribution in [2.75, 3.05) is 14.1 Å². The van der Waals surface area contributed by atoms with Crippen LogP contribution >= 0.6 is 0 Å². The molecule has 0 atom stereocenters. The average Bonchev–Trinajstić information content (AvgIpc) is 2.71. The second-order valence-electron chi connectivity index (χ2n) is 7.02. The van der Waals surface area contributed by atoms with Crippen LogP contribution in [0.2, 0.25) is 0 Å². The maximum atomic E-state index is 13.9. The van der Waals surface area contributed by atoms with E-state index in [9.17, 15) is 14.4 Å². The highest BCUT2D eigenvalue weighted by Crippen LogP contribution is 2.31. The maximum absolute atomic E-state index is 13.9. The SMILES string of the molecule is CC(C)n1nc(-c2nc(C#N)c(/N=C\N(C)C)nc2-c2cccc(F)c2)ccc1=O. The molecule has 0 fully saturated rings. The van der Waals surface area contributed by atoms with Gasteiger partial charge in [-0.3, -0.25) is 4.79 Å². The monoisotopic (exact) mass is 405 g/mol. The van der Waals surface area contributed by atoms with Crippen molar-refractivity contribution in [3.63, 3.8) is 0 Å². The van der Waals surface area contributed by atoms with Crippen LogP contribution in [0.25, 0.3) is 22.6 Å². The summed E-state index contributed by atoms with van der Waals surface area (Å²) in [5.74, 6) is -0.338. The lowest BCUT2D eigenvalue weighted by molar-refractivity contribution is 0.504. The van der Waals surface area contributed by atoms with Gasteiger partial charge in [0.25, 0.3) is 5.56 Å². The van der Waals surface area contributed by atoms with Gasteiger partial charge in [0.05, 0.1) is 12.4 Å². The van der Waals surface area contributed by atoms with Crippen molar-refractivity contribution < 1.29 is 4.39 Å². The fraction of sp³-hybridized carbons (Fsp3) is 0.238. The van der Waals surface area contributed by atoms with E-state index in [0.29, 0.717) is 17.0 Å². The predicted octanol–water partition coefficient (Wildman–Crippen LogP) is 3.18. The molecular weight excluding hydrogens is 385 g/mol. The first-order valence-corrected chi connectivity index (χ1v) is 9.19. The normalized spacial score (nSPS) is 11.1. The minimum absolute atomic E-state index is 0.00708. The van der Waals surface area contributed by atoms with Crippen LogP contribution in [0.5, 0.6) is 0 Å². The van der Waals surface area contributed by atoms with E-state index in [0.717, 1.165) is 0 Å². The van der Waals surface area contributed by atoms with Crippen LogP contribution in [0.15, 0.2) is 46.2 Å². The number of aliphatic imine (C=N–C) groups is 1. The number of benzene rings is 1. The zero-order chi connectivity index (χ0) is 21.8. The van der Waals surface area contributed by atoms with Crippen LogP contribution in [0.3, 0.4) is 0 Å². The second kappa shape index (κ2) is 8.61. The van der Waals surface area contributed by atoms with Crippen LogP contribution in [0, 0.1) is 17.1 Å². The van der Waals surface area contributed by atoms with Crippen LogP contribution < -0.4 is 5.56 Å². The van der Waals surface area contributed by atoms with Crippen molar-refractivity contribution in [2.24, 2.45) is 4.99 Å². The first-order valence-electron chi connectivity index (χ1n) is 9.19. The number of hydrogen-bond acceptors (Lipinski definition) is 6. The number of halogens is 1. The third kappa shape index (κ3) is 4.38. The third-order valence-corrected chi connectivity index (χ3v) is 4.05. The molecule has 3 rings (SSSR count). The minimum Gasteiger partial charge on any atom is -0.369 e. The quantitative estimate of drug-likeness (QED) is 0.477. The van der Waals surface area contributed by atoms with E-state index < -0.39 is 5.82 Å². The Labute approximate surface area is 173 Å². The van der Waals surface area contributed by atoms with Gasteiger partial charge in [-0.25, -0.2) is 24.0 Å². The van der Waals surface area contributed by atoms with Crippen LogP contribution in [-0.4, -0.2) is 45.1 Å². The number of nitriles is 1. The van der Waals surface area contributed by atoms with Gasteiger partial charge in [-0.15, -0.1) is 0 Å². The molecule has 0 unspecified atom stereocenters. The zero-order valence-corrected chi connectivity index (χ0v) is 17.0. The van der Waals surface area contributed by atoms with Crippen molar-refractivity contribution in [3.05, 3.63) is 58.3 Å². The Balaban J connectivity index is 2.32. The Morgan fingerprint density at radius 1 is 1.20 bits per heavy atom. The van der Waals surface area contributed by atoms with Crippen molar-refractivity contribution >= 4 is 12.2 Å². The highest BCUT2D eigenvalue weighted by molar-refractivity contribution is 5.78. The molecule has 2 heterocycles. The summed E-state index contributed by atoms with van der Waals surface area (Å²) in [5, 5.41) is 14.0. The van der Waals surface area contributed by atoms with E-state index >= 15 is 0 Å². The van der Waals surface area contributed by atoms with Crippen LogP contribution in [-0.2, 0) is 0 Å². The summed E-state index contributed by atoms with van der Waals surface area (Å²) >= 11 is 0. The molecular formula is C21H20FN7O. The van der Waals surface area contributed by atoms with Gasteiger partial charge in [0.1, 0.15) is 29.0 Å². The van der Waals surface area contributed by atoms with E-state index in [-0.39, 0.29) is 28.8 Å². The molecule has 0 N–H and O–H groups in total. The molecule has 0 aliphatic carbocycles. The van der Waals surface area contributed by atoms with Crippen LogP contribution in [0.4, 0.5) is 10.2 Å². The number of hydrogen-bond donors (Lipinski definition) is 0. The highest BCUT2D eigenvalue weighted by Gasteiger charge is 2.19. The first kappa shape index (κ1) is 20.8. The Kier molecular flexibility index (Phi) is 5.97. The van der Waals surface area contributed by atoms with Crippen LogP contribution in [0.1, 0.15) is 25.6 Å². The first-order chi connectivity index (χ1) is 14.3. The smallest absolute Gasteiger partial charge is 0.267 e. The molecule has 3 aromatic rings. The molecule has 0 saturated heterocycles. The lowest BCUT2D eigenvalue weighted by Crippen LogP contribution is -2.24. The molecule has 2 aromatic heterocycles. The van der Waals surface area contributed by atoms with Gasteiger partial charge in [0.15, 0.2) is 11.5 Å². The summed E-state index contributed by atoms with van der Waals surface area (Å²) in [6, 6.07) is 10.6. The predicted molar refractivity (Wildman–Crippen MR) is 112 cm³/mol. The van der Waals surface area contributed by atoms with Crippen molar-refractivity contribution in [3.8, 4) is 28.7 Å². The molecule has 8 nitrogen and oxygen atoms in total. The Bertz CT molecular complexity index is 1210. The molecule has 30 heavy (non-hydrogen) atoms. The Morgan fingerprint density at radius 3 is 2.60 bits per heavy atom. The molecule has 0 bridgehead atoms. The fourth-order valence-corrected chi connectivity index (χ4v) is 2.70. The van der Waals surface area contributed by atoms with Crippen molar-refractivity contribution in [1.29, 1.82) is 5.26 Å². The number of aromatic nitrogens is 4. The molecule has 0 spiro atoms. The van der Waals surface area contributed by atoms with E-state index in [2.05, 4.69) is 20.1 Å². The molecule has 0 radical (unpaired) electrons. The molecule has 0 saturated carbocycles. The Morgan fingerprint density at radius 2 is 1.97 bits per heavy atom. The van der Waals surface area contributed by atoms with Gasteiger partial charge in [0.2, 0.25) is 0 Å². The molecule has 152 valence electrons. The molecule has 0 aliphatic rings. The van der Waals surface area contributed by atoms with Gasteiger partial charge in [0, 0.05) is 25.7 Å². The third-order valence-electron chi connectivity index (χ3n) is 4.05. The number of rotatable bonds is 5. The van der Waals surface area contributed by atoms with Gasteiger partial charge in [-0.2, -0.15) is 10.4 Å². The summed E-state index contributed by atoms with van der Waals surface area (Å²) in [4.78, 5) is 26.9. The lowest BCUT2D eigenvalue weighted by Gasteiger charge is -2.13. The summed E-state index contributed by atoms with van der Waals surface area (Å²) in [6.45, 7) is 3.66. The minimum atomic E-state index is -0.442. The molecule has 1 aromatic carbocycles. The fourth-order valence-electron chi connectivity index (χ4n) is 2.70. The highest BCUT2D eigenvalue weighted by atomic mass is 19.1. The van der Waals surface area contributed by atoms with E-state index in [4.69, 9.17) is 0 Å². The van der Waals surface area contributed by atoms with Crippen molar-refractivity contribution in [2.45, 2.75) is 19.9 Å². The summed E-state index contributed by atoms with van der Waals surface area (Å²) in [6.07, 6.45) is 1.50. The number of nitrogens with zero attached hydrogens (tertiary/aromatic N) is 7. The van der Waals surface area contributed by atoms with Gasteiger partial charge in [-0.05, 0) is 32.0 Å². The second-order valence-corrected chi connectivity index (χ2v) is 7.02. The van der Waals surface area contributed by atoms with E-state index in [1.165, 1.54) is 35.3 Å². The summed E-state index contributed by atoms with van der Waals surface area (Å²) < 4.78 is 15.2. The van der Waals surface area contributed by atoms with Gasteiger partial charge in [-0.1, -0.05) is 12.1 Å². The van der Waals surface area contributed by atoms with E-state index in [1.807, 2.05) is 19.9 Å². The zero-order valence-electron chi connectivity index (χ0n) is 17.0. The topological polar surface area (TPSA) is 100 Å². The molecule has 0 aliphatic heterocycles. The lowest BCUT2D eigenvalue weighted by atomic mass is 10.1. The molecule has 0 amide bonds. The molecule has 9 heteroatoms. The largest absolute Gasteiger partial charge is 0.369 e. The maximum Gasteiger partial charge on any atom is 0.267 e. The van der Waals surface area contributed by atoms with Crippen molar-refractivity contribution in [1.82, 2.24) is 24.6 Å². The summed E-state index contributed by atoms with van der Waals surface area (Å²) in [5.41, 5.74) is 1.09. The Hall–Kier alpha value is -3.93. The standard InChI is InChI=1S/C21H20FN7O/c1-13(2)29-18(30)9-8-16(27-29)20-19(14-6-5-7-15(22)10-14)26-21(17(11-23)25-20)24-12-28(3)4/h5-10,12-13H,1-4H3/b24-12-. The summed E-state index contributed by atoms with van der Waals surface area (Å²) in [7, 11) is 3.56. The van der Waals surface area contributed by atoms with E-state index in [1.54, 1.807) is 31.1 Å². The van der Waals surface area contributed by atoms with Gasteiger partial charge >= 0.3 is 0 Å².